The van der Waals surface area contributed by atoms with E-state index in [2.05, 4.69) is 15.0 Å². The third kappa shape index (κ3) is 3.26. The van der Waals surface area contributed by atoms with Gasteiger partial charge in [-0.2, -0.15) is 0 Å². The number of nitrogens with zero attached hydrogens (tertiary/aromatic N) is 3. The Hall–Kier alpha value is -2.41. The molecule has 1 amide bonds. The van der Waals surface area contributed by atoms with Crippen LogP contribution in [0.1, 0.15) is 27.5 Å². The molecule has 0 aromatic carbocycles. The molecule has 2 N–H and O–H groups in total. The number of primary amides is 1. The third-order valence-corrected chi connectivity index (χ3v) is 4.40. The van der Waals surface area contributed by atoms with E-state index in [1.165, 1.54) is 0 Å². The highest BCUT2D eigenvalue weighted by atomic mass is 16.5. The van der Waals surface area contributed by atoms with E-state index in [-0.39, 0.29) is 12.0 Å². The number of amides is 1. The van der Waals surface area contributed by atoms with Crippen LogP contribution in [0.25, 0.3) is 0 Å². The van der Waals surface area contributed by atoms with Crippen molar-refractivity contribution < 1.29 is 14.1 Å². The van der Waals surface area contributed by atoms with Gasteiger partial charge in [-0.15, -0.1) is 0 Å². The van der Waals surface area contributed by atoms with E-state index in [1.807, 2.05) is 19.9 Å². The lowest BCUT2D eigenvalue weighted by Crippen LogP contribution is -2.27. The van der Waals surface area contributed by atoms with Gasteiger partial charge in [0.25, 0.3) is 5.91 Å². The number of rotatable bonds is 5. The van der Waals surface area contributed by atoms with Crippen molar-refractivity contribution in [3.8, 4) is 0 Å². The second-order valence-electron chi connectivity index (χ2n) is 6.27. The Morgan fingerprint density at radius 1 is 1.38 bits per heavy atom. The summed E-state index contributed by atoms with van der Waals surface area (Å²) in [5.74, 6) is 1.22. The molecule has 0 unspecified atom stereocenters. The van der Waals surface area contributed by atoms with Crippen LogP contribution in [0.3, 0.4) is 0 Å². The third-order valence-electron chi connectivity index (χ3n) is 4.40. The second-order valence-corrected chi connectivity index (χ2v) is 6.27. The molecule has 1 aliphatic rings. The number of carbonyl (C=O) groups excluding carboxylic acids is 1. The van der Waals surface area contributed by atoms with E-state index in [1.54, 1.807) is 19.2 Å². The first-order valence-corrected chi connectivity index (χ1v) is 7.95. The largest absolute Gasteiger partial charge is 0.379 e. The summed E-state index contributed by atoms with van der Waals surface area (Å²) in [5, 5.41) is 3.93. The van der Waals surface area contributed by atoms with E-state index >= 15 is 0 Å². The number of aromatic nitrogens is 2. The van der Waals surface area contributed by atoms with Crippen molar-refractivity contribution in [2.75, 3.05) is 25.1 Å². The van der Waals surface area contributed by atoms with Gasteiger partial charge in [0.1, 0.15) is 11.6 Å². The fourth-order valence-corrected chi connectivity index (χ4v) is 3.22. The SMILES string of the molecule is CO[C@H]1CN(c2nc(C)ccc2C(N)=O)C[C@H]1Cc1cc(C)no1. The number of nitrogens with two attached hydrogens (primary N) is 1. The number of carbonyl (C=O) groups is 1. The van der Waals surface area contributed by atoms with E-state index in [4.69, 9.17) is 15.0 Å². The van der Waals surface area contributed by atoms with Gasteiger partial charge in [-0.25, -0.2) is 4.98 Å². The molecule has 2 atom stereocenters. The van der Waals surface area contributed by atoms with Gasteiger partial charge in [-0.1, -0.05) is 5.16 Å². The minimum Gasteiger partial charge on any atom is -0.379 e. The lowest BCUT2D eigenvalue weighted by Gasteiger charge is -2.20. The monoisotopic (exact) mass is 330 g/mol. The number of anilines is 1. The normalized spacial score (nSPS) is 20.5. The predicted molar refractivity (Wildman–Crippen MR) is 88.9 cm³/mol. The number of pyridine rings is 1. The molecule has 7 heteroatoms. The van der Waals surface area contributed by atoms with Crippen LogP contribution in [0.2, 0.25) is 0 Å². The molecular formula is C17H22N4O3. The fourth-order valence-electron chi connectivity index (χ4n) is 3.22. The van der Waals surface area contributed by atoms with Crippen molar-refractivity contribution in [3.05, 3.63) is 40.9 Å². The Balaban J connectivity index is 1.83. The Morgan fingerprint density at radius 2 is 2.17 bits per heavy atom. The Bertz CT molecular complexity index is 743. The zero-order valence-corrected chi connectivity index (χ0v) is 14.2. The second kappa shape index (κ2) is 6.60. The first-order chi connectivity index (χ1) is 11.5. The molecule has 128 valence electrons. The molecule has 0 radical (unpaired) electrons. The zero-order valence-electron chi connectivity index (χ0n) is 14.2. The van der Waals surface area contributed by atoms with Crippen LogP contribution in [0.4, 0.5) is 5.82 Å². The summed E-state index contributed by atoms with van der Waals surface area (Å²) in [4.78, 5) is 18.3. The molecule has 7 nitrogen and oxygen atoms in total. The summed E-state index contributed by atoms with van der Waals surface area (Å²) in [6.07, 6.45) is 0.756. The molecule has 0 aliphatic carbocycles. The lowest BCUT2D eigenvalue weighted by atomic mass is 10.0. The summed E-state index contributed by atoms with van der Waals surface area (Å²) in [7, 11) is 1.70. The first kappa shape index (κ1) is 16.4. The summed E-state index contributed by atoms with van der Waals surface area (Å²) in [6, 6.07) is 5.46. The van der Waals surface area contributed by atoms with Crippen LogP contribution < -0.4 is 10.6 Å². The summed E-state index contributed by atoms with van der Waals surface area (Å²) < 4.78 is 11.0. The maximum absolute atomic E-state index is 11.7. The van der Waals surface area contributed by atoms with Crippen LogP contribution in [0, 0.1) is 19.8 Å². The first-order valence-electron chi connectivity index (χ1n) is 7.95. The Kier molecular flexibility index (Phi) is 4.53. The maximum atomic E-state index is 11.7. The van der Waals surface area contributed by atoms with Crippen molar-refractivity contribution in [1.29, 1.82) is 0 Å². The average molecular weight is 330 g/mol. The molecule has 2 aromatic rings. The molecule has 1 fully saturated rings. The van der Waals surface area contributed by atoms with Gasteiger partial charge in [-0.3, -0.25) is 4.79 Å². The van der Waals surface area contributed by atoms with E-state index in [0.717, 1.165) is 30.1 Å². The molecule has 3 heterocycles. The Labute approximate surface area is 140 Å². The molecule has 1 saturated heterocycles. The van der Waals surface area contributed by atoms with Gasteiger partial charge < -0.3 is 19.9 Å². The van der Waals surface area contributed by atoms with Gasteiger partial charge in [0, 0.05) is 44.3 Å². The van der Waals surface area contributed by atoms with Crippen LogP contribution in [0.15, 0.2) is 22.7 Å². The van der Waals surface area contributed by atoms with Gasteiger partial charge in [-0.05, 0) is 26.0 Å². The minimum atomic E-state index is -0.472. The lowest BCUT2D eigenvalue weighted by molar-refractivity contribution is 0.0812. The summed E-state index contributed by atoms with van der Waals surface area (Å²) >= 11 is 0. The predicted octanol–water partition coefficient (Wildman–Crippen LogP) is 1.48. The van der Waals surface area contributed by atoms with Crippen molar-refractivity contribution in [2.45, 2.75) is 26.4 Å². The number of aryl methyl sites for hydroxylation is 2. The van der Waals surface area contributed by atoms with Crippen LogP contribution in [-0.4, -0.2) is 42.4 Å². The van der Waals surface area contributed by atoms with Gasteiger partial charge in [0.05, 0.1) is 17.4 Å². The molecule has 0 spiro atoms. The number of methoxy groups -OCH3 is 1. The highest BCUT2D eigenvalue weighted by Gasteiger charge is 2.35. The standard InChI is InChI=1S/C17H22N4O3/c1-10-4-5-14(16(18)22)17(19-10)21-8-12(15(9-21)23-3)7-13-6-11(2)20-24-13/h4-6,12,15H,7-9H2,1-3H3,(H2,18,22)/t12-,15+/m1/s1. The summed E-state index contributed by atoms with van der Waals surface area (Å²) in [6.45, 7) is 5.17. The van der Waals surface area contributed by atoms with E-state index in [0.29, 0.717) is 17.9 Å². The van der Waals surface area contributed by atoms with E-state index < -0.39 is 5.91 Å². The smallest absolute Gasteiger partial charge is 0.252 e. The minimum absolute atomic E-state index is 0.0263. The van der Waals surface area contributed by atoms with Crippen molar-refractivity contribution in [2.24, 2.45) is 11.7 Å². The molecular weight excluding hydrogens is 308 g/mol. The number of ether oxygens (including phenoxy) is 1. The highest BCUT2D eigenvalue weighted by Crippen LogP contribution is 2.29. The van der Waals surface area contributed by atoms with Crippen LogP contribution >= 0.6 is 0 Å². The van der Waals surface area contributed by atoms with Gasteiger partial charge in [0.15, 0.2) is 0 Å². The molecule has 2 aromatic heterocycles. The molecule has 24 heavy (non-hydrogen) atoms. The number of hydrogen-bond acceptors (Lipinski definition) is 6. The highest BCUT2D eigenvalue weighted by molar-refractivity contribution is 5.97. The van der Waals surface area contributed by atoms with Crippen molar-refractivity contribution in [3.63, 3.8) is 0 Å². The number of hydrogen-bond donors (Lipinski definition) is 1. The molecule has 3 rings (SSSR count). The molecule has 1 aliphatic heterocycles. The van der Waals surface area contributed by atoms with Gasteiger partial charge >= 0.3 is 0 Å². The van der Waals surface area contributed by atoms with Gasteiger partial charge in [0.2, 0.25) is 0 Å². The molecule has 0 saturated carbocycles. The fraction of sp³-hybridized carbons (Fsp3) is 0.471. The average Bonchev–Trinajstić information content (AvgIpc) is 3.13. The maximum Gasteiger partial charge on any atom is 0.252 e. The van der Waals surface area contributed by atoms with Crippen molar-refractivity contribution in [1.82, 2.24) is 10.1 Å². The van der Waals surface area contributed by atoms with Crippen LogP contribution in [-0.2, 0) is 11.2 Å². The van der Waals surface area contributed by atoms with E-state index in [9.17, 15) is 4.79 Å². The zero-order chi connectivity index (χ0) is 17.3. The topological polar surface area (TPSA) is 94.5 Å². The summed E-state index contributed by atoms with van der Waals surface area (Å²) in [5.41, 5.74) is 7.65. The Morgan fingerprint density at radius 3 is 2.79 bits per heavy atom. The quantitative estimate of drug-likeness (QED) is 0.892. The van der Waals surface area contributed by atoms with Crippen molar-refractivity contribution >= 4 is 11.7 Å². The van der Waals surface area contributed by atoms with Crippen LogP contribution in [0.5, 0.6) is 0 Å². The molecule has 0 bridgehead atoms.